The topological polar surface area (TPSA) is 66.4 Å². The first kappa shape index (κ1) is 12.9. The fourth-order valence-electron chi connectivity index (χ4n) is 3.38. The van der Waals surface area contributed by atoms with Gasteiger partial charge in [-0.2, -0.15) is 0 Å². The lowest BCUT2D eigenvalue weighted by Crippen LogP contribution is -2.36. The Morgan fingerprint density at radius 2 is 1.70 bits per heavy atom. The lowest BCUT2D eigenvalue weighted by Gasteiger charge is -2.23. The molecule has 2 unspecified atom stereocenters. The monoisotopic (exact) mass is 271 g/mol. The zero-order valence-electron chi connectivity index (χ0n) is 11.2. The summed E-state index contributed by atoms with van der Waals surface area (Å²) in [6, 6.07) is 7.52. The Labute approximate surface area is 117 Å². The van der Waals surface area contributed by atoms with Gasteiger partial charge in [-0.05, 0) is 37.3 Å². The zero-order chi connectivity index (χ0) is 14.3. The minimum atomic E-state index is -0.870. The number of carbonyl (C=O) groups excluding carboxylic acids is 1. The van der Waals surface area contributed by atoms with Gasteiger partial charge >= 0.3 is 5.97 Å². The van der Waals surface area contributed by atoms with Gasteiger partial charge in [0.2, 0.25) is 5.91 Å². The Balaban J connectivity index is 1.78. The van der Waals surface area contributed by atoms with Gasteiger partial charge in [0.05, 0.1) is 11.8 Å². The minimum absolute atomic E-state index is 0.00580. The third-order valence-electron chi connectivity index (χ3n) is 4.37. The van der Waals surface area contributed by atoms with Crippen molar-refractivity contribution in [2.75, 3.05) is 5.32 Å². The number of amides is 1. The predicted octanol–water partition coefficient (Wildman–Crippen LogP) is 2.46. The standard InChI is InChI=1S/C16H17NO3/c1-9-2-6-12(7-3-9)17-15(18)13-10-4-5-11(8-10)14(13)16(19)20/h2-7,10-11,13-14H,8H2,1H3,(H,17,18)(H,19,20)/t10?,11?,13-,14+/m1/s1. The zero-order valence-corrected chi connectivity index (χ0v) is 11.2. The molecule has 0 aliphatic heterocycles. The summed E-state index contributed by atoms with van der Waals surface area (Å²) in [6.45, 7) is 1.98. The van der Waals surface area contributed by atoms with E-state index in [0.717, 1.165) is 17.7 Å². The average molecular weight is 271 g/mol. The molecule has 3 rings (SSSR count). The van der Waals surface area contributed by atoms with Gasteiger partial charge in [-0.1, -0.05) is 29.8 Å². The van der Waals surface area contributed by atoms with E-state index < -0.39 is 17.8 Å². The Hall–Kier alpha value is -2.10. The van der Waals surface area contributed by atoms with E-state index in [9.17, 15) is 14.7 Å². The number of rotatable bonds is 3. The second-order valence-electron chi connectivity index (χ2n) is 5.69. The maximum Gasteiger partial charge on any atom is 0.307 e. The van der Waals surface area contributed by atoms with Gasteiger partial charge in [-0.15, -0.1) is 0 Å². The first-order valence-corrected chi connectivity index (χ1v) is 6.85. The number of anilines is 1. The van der Waals surface area contributed by atoms with Crippen LogP contribution in [-0.4, -0.2) is 17.0 Å². The number of carbonyl (C=O) groups is 2. The van der Waals surface area contributed by atoms with E-state index in [4.69, 9.17) is 0 Å². The van der Waals surface area contributed by atoms with Crippen molar-refractivity contribution >= 4 is 17.6 Å². The maximum absolute atomic E-state index is 12.4. The molecular weight excluding hydrogens is 254 g/mol. The summed E-state index contributed by atoms with van der Waals surface area (Å²) in [6.07, 6.45) is 4.71. The number of benzene rings is 1. The van der Waals surface area contributed by atoms with E-state index in [1.165, 1.54) is 0 Å². The summed E-state index contributed by atoms with van der Waals surface area (Å²) in [4.78, 5) is 23.8. The van der Waals surface area contributed by atoms with Gasteiger partial charge in [0, 0.05) is 5.69 Å². The molecule has 20 heavy (non-hydrogen) atoms. The molecule has 0 heterocycles. The number of aryl methyl sites for hydroxylation is 1. The second-order valence-corrected chi connectivity index (χ2v) is 5.69. The van der Waals surface area contributed by atoms with E-state index in [-0.39, 0.29) is 17.7 Å². The molecule has 1 fully saturated rings. The summed E-state index contributed by atoms with van der Waals surface area (Å²) >= 11 is 0. The highest BCUT2D eigenvalue weighted by Gasteiger charge is 2.51. The van der Waals surface area contributed by atoms with Crippen molar-refractivity contribution < 1.29 is 14.7 Å². The first-order valence-electron chi connectivity index (χ1n) is 6.85. The molecule has 0 saturated heterocycles. The molecule has 0 radical (unpaired) electrons. The van der Waals surface area contributed by atoms with Crippen LogP contribution in [0.25, 0.3) is 0 Å². The van der Waals surface area contributed by atoms with Crippen LogP contribution < -0.4 is 5.32 Å². The number of hydrogen-bond donors (Lipinski definition) is 2. The highest BCUT2D eigenvalue weighted by atomic mass is 16.4. The average Bonchev–Trinajstić information content (AvgIpc) is 3.01. The van der Waals surface area contributed by atoms with E-state index in [2.05, 4.69) is 5.32 Å². The van der Waals surface area contributed by atoms with Crippen molar-refractivity contribution in [1.82, 2.24) is 0 Å². The summed E-state index contributed by atoms with van der Waals surface area (Å²) in [5.74, 6) is -2.03. The summed E-state index contributed by atoms with van der Waals surface area (Å²) in [5.41, 5.74) is 1.84. The van der Waals surface area contributed by atoms with Gasteiger partial charge in [0.25, 0.3) is 0 Å². The number of aliphatic carboxylic acids is 1. The molecule has 1 aromatic rings. The van der Waals surface area contributed by atoms with Gasteiger partial charge < -0.3 is 10.4 Å². The summed E-state index contributed by atoms with van der Waals surface area (Å²) < 4.78 is 0. The quantitative estimate of drug-likeness (QED) is 0.830. The van der Waals surface area contributed by atoms with Crippen LogP contribution in [-0.2, 0) is 9.59 Å². The van der Waals surface area contributed by atoms with E-state index in [0.29, 0.717) is 0 Å². The van der Waals surface area contributed by atoms with Crippen LogP contribution >= 0.6 is 0 Å². The van der Waals surface area contributed by atoms with Gasteiger partial charge in [0.15, 0.2) is 0 Å². The van der Waals surface area contributed by atoms with E-state index >= 15 is 0 Å². The minimum Gasteiger partial charge on any atom is -0.481 e. The van der Waals surface area contributed by atoms with Crippen molar-refractivity contribution in [2.45, 2.75) is 13.3 Å². The van der Waals surface area contributed by atoms with Crippen molar-refractivity contribution in [3.05, 3.63) is 42.0 Å². The van der Waals surface area contributed by atoms with Crippen LogP contribution in [0.2, 0.25) is 0 Å². The third kappa shape index (κ3) is 2.11. The third-order valence-corrected chi connectivity index (χ3v) is 4.37. The van der Waals surface area contributed by atoms with E-state index in [1.807, 2.05) is 43.3 Å². The summed E-state index contributed by atoms with van der Waals surface area (Å²) in [5, 5.41) is 12.2. The van der Waals surface area contributed by atoms with Gasteiger partial charge in [0.1, 0.15) is 0 Å². The SMILES string of the molecule is Cc1ccc(NC(=O)[C@@H]2C3C=CC(C3)[C@@H]2C(=O)O)cc1. The van der Waals surface area contributed by atoms with Crippen molar-refractivity contribution in [2.24, 2.45) is 23.7 Å². The molecule has 1 aromatic carbocycles. The van der Waals surface area contributed by atoms with Crippen molar-refractivity contribution in [1.29, 1.82) is 0 Å². The Morgan fingerprint density at radius 1 is 1.10 bits per heavy atom. The maximum atomic E-state index is 12.4. The number of hydrogen-bond acceptors (Lipinski definition) is 2. The first-order chi connectivity index (χ1) is 9.56. The predicted molar refractivity (Wildman–Crippen MR) is 75.2 cm³/mol. The molecule has 2 aliphatic carbocycles. The molecular formula is C16H17NO3. The molecule has 0 aromatic heterocycles. The second kappa shape index (κ2) is 4.78. The highest BCUT2D eigenvalue weighted by Crippen LogP contribution is 2.48. The summed E-state index contributed by atoms with van der Waals surface area (Å²) in [7, 11) is 0. The lowest BCUT2D eigenvalue weighted by atomic mass is 9.82. The molecule has 2 bridgehead atoms. The van der Waals surface area contributed by atoms with Gasteiger partial charge in [-0.3, -0.25) is 9.59 Å². The Bertz CT molecular complexity index is 576. The van der Waals surface area contributed by atoms with Crippen LogP contribution in [0.5, 0.6) is 0 Å². The van der Waals surface area contributed by atoms with Gasteiger partial charge in [-0.25, -0.2) is 0 Å². The molecule has 1 saturated carbocycles. The lowest BCUT2D eigenvalue weighted by molar-refractivity contribution is -0.146. The molecule has 104 valence electrons. The molecule has 2 N–H and O–H groups in total. The number of nitrogens with one attached hydrogen (secondary N) is 1. The van der Waals surface area contributed by atoms with Crippen LogP contribution in [0.15, 0.2) is 36.4 Å². The van der Waals surface area contributed by atoms with Crippen LogP contribution in [0.4, 0.5) is 5.69 Å². The molecule has 2 aliphatic rings. The number of fused-ring (bicyclic) bond motifs is 2. The fraction of sp³-hybridized carbons (Fsp3) is 0.375. The van der Waals surface area contributed by atoms with Crippen LogP contribution in [0.3, 0.4) is 0 Å². The molecule has 1 amide bonds. The molecule has 4 nitrogen and oxygen atoms in total. The normalized spacial score (nSPS) is 30.4. The Kier molecular flexibility index (Phi) is 3.08. The molecule has 4 atom stereocenters. The van der Waals surface area contributed by atoms with Crippen molar-refractivity contribution in [3.63, 3.8) is 0 Å². The largest absolute Gasteiger partial charge is 0.481 e. The number of carboxylic acids is 1. The van der Waals surface area contributed by atoms with Crippen LogP contribution in [0.1, 0.15) is 12.0 Å². The number of allylic oxidation sites excluding steroid dienone is 2. The smallest absolute Gasteiger partial charge is 0.307 e. The van der Waals surface area contributed by atoms with Crippen molar-refractivity contribution in [3.8, 4) is 0 Å². The van der Waals surface area contributed by atoms with E-state index in [1.54, 1.807) is 0 Å². The molecule has 0 spiro atoms. The van der Waals surface area contributed by atoms with Crippen LogP contribution in [0, 0.1) is 30.6 Å². The molecule has 4 heteroatoms. The fourth-order valence-corrected chi connectivity index (χ4v) is 3.38. The highest BCUT2D eigenvalue weighted by molar-refractivity contribution is 5.96. The number of carboxylic acid groups (broad SMARTS) is 1. The Morgan fingerprint density at radius 3 is 2.30 bits per heavy atom.